The molecule has 0 radical (unpaired) electrons. The molecule has 0 aliphatic carbocycles. The van der Waals surface area contributed by atoms with Gasteiger partial charge in [0.25, 0.3) is 0 Å². The first-order valence-electron chi connectivity index (χ1n) is 7.81. The molecule has 0 aromatic carbocycles. The highest BCUT2D eigenvalue weighted by Crippen LogP contribution is 2.39. The average molecular weight is 267 g/mol. The van der Waals surface area contributed by atoms with Gasteiger partial charge in [-0.3, -0.25) is 0 Å². The molecule has 2 aliphatic heterocycles. The third-order valence-corrected chi connectivity index (χ3v) is 5.21. The van der Waals surface area contributed by atoms with Gasteiger partial charge in [-0.2, -0.15) is 0 Å². The Morgan fingerprint density at radius 3 is 1.95 bits per heavy atom. The van der Waals surface area contributed by atoms with Gasteiger partial charge in [0.15, 0.2) is 0 Å². The first kappa shape index (κ1) is 15.3. The molecule has 2 rings (SSSR count). The van der Waals surface area contributed by atoms with Crippen LogP contribution in [0.2, 0.25) is 6.32 Å². The summed E-state index contributed by atoms with van der Waals surface area (Å²) in [6, 6.07) is 0.679. The first-order chi connectivity index (χ1) is 8.71. The first-order valence-corrected chi connectivity index (χ1v) is 7.81. The minimum atomic E-state index is -0.184. The minimum absolute atomic E-state index is 0.0133. The highest BCUT2D eigenvalue weighted by Gasteiger charge is 2.51. The van der Waals surface area contributed by atoms with Gasteiger partial charge in [-0.05, 0) is 79.7 Å². The molecule has 0 aromatic heterocycles. The fourth-order valence-corrected chi connectivity index (χ4v) is 3.04. The summed E-state index contributed by atoms with van der Waals surface area (Å²) < 4.78 is 12.2. The predicted molar refractivity (Wildman–Crippen MR) is 80.3 cm³/mol. The Bertz CT molecular complexity index is 293. The third kappa shape index (κ3) is 3.34. The Balaban J connectivity index is 1.81. The highest BCUT2D eigenvalue weighted by atomic mass is 16.7. The summed E-state index contributed by atoms with van der Waals surface area (Å²) in [5.41, 5.74) is -0.368. The van der Waals surface area contributed by atoms with E-state index in [1.165, 1.54) is 25.9 Å². The maximum absolute atomic E-state index is 6.11. The SMILES string of the molecule is CC(C)N1CCC(CB2OC(C)(C)C(C)(C)O2)CC1. The smallest absolute Gasteiger partial charge is 0.403 e. The van der Waals surface area contributed by atoms with Crippen LogP contribution in [0.1, 0.15) is 54.4 Å². The Kier molecular flexibility index (Phi) is 4.34. The molecule has 0 aromatic rings. The van der Waals surface area contributed by atoms with Crippen LogP contribution in [0, 0.1) is 5.92 Å². The lowest BCUT2D eigenvalue weighted by molar-refractivity contribution is 0.00578. The van der Waals surface area contributed by atoms with E-state index in [-0.39, 0.29) is 18.3 Å². The van der Waals surface area contributed by atoms with Crippen LogP contribution in [-0.4, -0.2) is 42.4 Å². The Morgan fingerprint density at radius 1 is 1.05 bits per heavy atom. The highest BCUT2D eigenvalue weighted by molar-refractivity contribution is 6.45. The molecule has 0 bridgehead atoms. The zero-order chi connectivity index (χ0) is 14.3. The lowest BCUT2D eigenvalue weighted by atomic mass is 9.74. The minimum Gasteiger partial charge on any atom is -0.403 e. The van der Waals surface area contributed by atoms with E-state index in [1.54, 1.807) is 0 Å². The molecule has 0 unspecified atom stereocenters. The fraction of sp³-hybridized carbons (Fsp3) is 1.00. The molecule has 0 saturated carbocycles. The van der Waals surface area contributed by atoms with Gasteiger partial charge >= 0.3 is 7.12 Å². The molecular weight excluding hydrogens is 237 g/mol. The van der Waals surface area contributed by atoms with Gasteiger partial charge < -0.3 is 14.2 Å². The zero-order valence-electron chi connectivity index (χ0n) is 13.5. The summed E-state index contributed by atoms with van der Waals surface area (Å²) in [6.45, 7) is 15.6. The molecule has 19 heavy (non-hydrogen) atoms. The van der Waals surface area contributed by atoms with E-state index >= 15 is 0 Å². The van der Waals surface area contributed by atoms with E-state index in [2.05, 4.69) is 46.4 Å². The number of piperidine rings is 1. The van der Waals surface area contributed by atoms with Crippen molar-refractivity contribution in [1.29, 1.82) is 0 Å². The summed E-state index contributed by atoms with van der Waals surface area (Å²) in [4.78, 5) is 2.57. The topological polar surface area (TPSA) is 21.7 Å². The van der Waals surface area contributed by atoms with Crippen LogP contribution in [0.3, 0.4) is 0 Å². The zero-order valence-corrected chi connectivity index (χ0v) is 13.5. The molecule has 2 fully saturated rings. The summed E-state index contributed by atoms with van der Waals surface area (Å²) in [5, 5.41) is 0. The van der Waals surface area contributed by atoms with E-state index in [0.29, 0.717) is 6.04 Å². The van der Waals surface area contributed by atoms with E-state index in [9.17, 15) is 0 Å². The molecular formula is C15H30BNO2. The van der Waals surface area contributed by atoms with Gasteiger partial charge in [-0.25, -0.2) is 0 Å². The number of rotatable bonds is 3. The molecule has 4 heteroatoms. The van der Waals surface area contributed by atoms with Crippen LogP contribution in [0.4, 0.5) is 0 Å². The van der Waals surface area contributed by atoms with Crippen molar-refractivity contribution < 1.29 is 9.31 Å². The molecule has 2 aliphatic rings. The molecule has 0 amide bonds. The monoisotopic (exact) mass is 267 g/mol. The Labute approximate surface area is 119 Å². The van der Waals surface area contributed by atoms with Crippen LogP contribution in [-0.2, 0) is 9.31 Å². The second kappa shape index (κ2) is 5.38. The lowest BCUT2D eigenvalue weighted by Gasteiger charge is -2.34. The number of hydrogen-bond donors (Lipinski definition) is 0. The molecule has 3 nitrogen and oxygen atoms in total. The summed E-state index contributed by atoms with van der Waals surface area (Å²) in [5.74, 6) is 0.754. The van der Waals surface area contributed by atoms with Gasteiger partial charge in [0.1, 0.15) is 0 Å². The molecule has 0 spiro atoms. The van der Waals surface area contributed by atoms with Crippen molar-refractivity contribution in [3.63, 3.8) is 0 Å². The summed E-state index contributed by atoms with van der Waals surface area (Å²) >= 11 is 0. The number of nitrogens with zero attached hydrogens (tertiary/aromatic N) is 1. The van der Waals surface area contributed by atoms with E-state index in [1.807, 2.05) is 0 Å². The standard InChI is InChI=1S/C15H30BNO2/c1-12(2)17-9-7-13(8-10-17)11-16-18-14(3,4)15(5,6)19-16/h12-13H,7-11H2,1-6H3. The third-order valence-electron chi connectivity index (χ3n) is 5.21. The van der Waals surface area contributed by atoms with Gasteiger partial charge in [0.2, 0.25) is 0 Å². The van der Waals surface area contributed by atoms with E-state index in [0.717, 1.165) is 12.2 Å². The molecule has 110 valence electrons. The quantitative estimate of drug-likeness (QED) is 0.733. The van der Waals surface area contributed by atoms with Crippen molar-refractivity contribution in [1.82, 2.24) is 4.90 Å². The van der Waals surface area contributed by atoms with Crippen LogP contribution < -0.4 is 0 Å². The van der Waals surface area contributed by atoms with Crippen molar-refractivity contribution in [2.24, 2.45) is 5.92 Å². The van der Waals surface area contributed by atoms with Gasteiger partial charge in [-0.15, -0.1) is 0 Å². The van der Waals surface area contributed by atoms with Crippen molar-refractivity contribution in [2.45, 2.75) is 77.9 Å². The largest absolute Gasteiger partial charge is 0.458 e. The van der Waals surface area contributed by atoms with Gasteiger partial charge in [0.05, 0.1) is 11.2 Å². The average Bonchev–Trinajstić information content (AvgIpc) is 2.47. The maximum Gasteiger partial charge on any atom is 0.458 e. The summed E-state index contributed by atoms with van der Waals surface area (Å²) in [6.07, 6.45) is 3.61. The Morgan fingerprint density at radius 2 is 1.53 bits per heavy atom. The number of likely N-dealkylation sites (tertiary alicyclic amines) is 1. The van der Waals surface area contributed by atoms with Gasteiger partial charge in [-0.1, -0.05) is 0 Å². The van der Waals surface area contributed by atoms with Crippen molar-refractivity contribution >= 4 is 7.12 Å². The van der Waals surface area contributed by atoms with Crippen molar-refractivity contribution in [2.75, 3.05) is 13.1 Å². The van der Waals surface area contributed by atoms with E-state index in [4.69, 9.17) is 9.31 Å². The van der Waals surface area contributed by atoms with Crippen LogP contribution >= 0.6 is 0 Å². The lowest BCUT2D eigenvalue weighted by Crippen LogP contribution is -2.41. The van der Waals surface area contributed by atoms with Crippen molar-refractivity contribution in [3.05, 3.63) is 0 Å². The fourth-order valence-electron chi connectivity index (χ4n) is 3.04. The van der Waals surface area contributed by atoms with E-state index < -0.39 is 0 Å². The van der Waals surface area contributed by atoms with Crippen LogP contribution in [0.25, 0.3) is 0 Å². The number of hydrogen-bond acceptors (Lipinski definition) is 3. The molecule has 2 heterocycles. The second-order valence-electron chi connectivity index (χ2n) is 7.49. The predicted octanol–water partition coefficient (Wildman–Crippen LogP) is 3.20. The van der Waals surface area contributed by atoms with Crippen LogP contribution in [0.5, 0.6) is 0 Å². The van der Waals surface area contributed by atoms with Gasteiger partial charge in [0, 0.05) is 6.04 Å². The van der Waals surface area contributed by atoms with Crippen molar-refractivity contribution in [3.8, 4) is 0 Å². The molecule has 2 saturated heterocycles. The normalized spacial score (nSPS) is 28.3. The molecule has 0 N–H and O–H groups in total. The summed E-state index contributed by atoms with van der Waals surface area (Å²) in [7, 11) is -0.0133. The maximum atomic E-state index is 6.11. The molecule has 0 atom stereocenters. The van der Waals surface area contributed by atoms with Crippen LogP contribution in [0.15, 0.2) is 0 Å². The Hall–Kier alpha value is -0.0551. The second-order valence-corrected chi connectivity index (χ2v) is 7.49.